The van der Waals surface area contributed by atoms with Crippen molar-refractivity contribution in [3.05, 3.63) is 96.1 Å². The molecule has 0 amide bonds. The molecule has 0 N–H and O–H groups in total. The number of rotatable bonds is 1. The van der Waals surface area contributed by atoms with Crippen LogP contribution in [0.2, 0.25) is 0 Å². The molecule has 20 heavy (non-hydrogen) atoms. The SMILES string of the molecule is Cc1cccc(-c2cccc(C)c2)c1.c1ccccc1. The van der Waals surface area contributed by atoms with E-state index in [1.165, 1.54) is 22.3 Å². The van der Waals surface area contributed by atoms with Gasteiger partial charge >= 0.3 is 0 Å². The molecular formula is C20H20. The van der Waals surface area contributed by atoms with Crippen LogP contribution in [0.3, 0.4) is 0 Å². The molecule has 0 nitrogen and oxygen atoms in total. The van der Waals surface area contributed by atoms with Crippen molar-refractivity contribution in [2.24, 2.45) is 0 Å². The maximum absolute atomic E-state index is 2.22. The number of benzene rings is 3. The van der Waals surface area contributed by atoms with Crippen molar-refractivity contribution in [2.45, 2.75) is 13.8 Å². The summed E-state index contributed by atoms with van der Waals surface area (Å²) in [4.78, 5) is 0. The second-order valence-electron chi connectivity index (χ2n) is 4.89. The number of aryl methyl sites for hydroxylation is 2. The van der Waals surface area contributed by atoms with Gasteiger partial charge in [-0.2, -0.15) is 0 Å². The highest BCUT2D eigenvalue weighted by molar-refractivity contribution is 5.64. The van der Waals surface area contributed by atoms with Crippen molar-refractivity contribution in [1.82, 2.24) is 0 Å². The summed E-state index contributed by atoms with van der Waals surface area (Å²) in [6.07, 6.45) is 0. The van der Waals surface area contributed by atoms with Crippen molar-refractivity contribution in [1.29, 1.82) is 0 Å². The van der Waals surface area contributed by atoms with Crippen molar-refractivity contribution in [3.8, 4) is 11.1 Å². The second-order valence-corrected chi connectivity index (χ2v) is 4.89. The largest absolute Gasteiger partial charge is 0.0623 e. The van der Waals surface area contributed by atoms with Gasteiger partial charge in [0.2, 0.25) is 0 Å². The zero-order valence-electron chi connectivity index (χ0n) is 12.1. The molecule has 3 rings (SSSR count). The quantitative estimate of drug-likeness (QED) is 0.530. The first kappa shape index (κ1) is 14.1. The third-order valence-electron chi connectivity index (χ3n) is 3.04. The molecule has 0 aliphatic heterocycles. The Kier molecular flexibility index (Phi) is 5.14. The third kappa shape index (κ3) is 4.40. The van der Waals surface area contributed by atoms with Gasteiger partial charge in [-0.3, -0.25) is 0 Å². The van der Waals surface area contributed by atoms with Crippen LogP contribution in [0.1, 0.15) is 11.1 Å². The lowest BCUT2D eigenvalue weighted by molar-refractivity contribution is 1.44. The van der Waals surface area contributed by atoms with E-state index in [9.17, 15) is 0 Å². The summed E-state index contributed by atoms with van der Waals surface area (Å²) in [5.74, 6) is 0. The van der Waals surface area contributed by atoms with Crippen molar-refractivity contribution < 1.29 is 0 Å². The zero-order chi connectivity index (χ0) is 14.2. The molecular weight excluding hydrogens is 240 g/mol. The summed E-state index contributed by atoms with van der Waals surface area (Å²) < 4.78 is 0. The van der Waals surface area contributed by atoms with Crippen LogP contribution in [0.4, 0.5) is 0 Å². The van der Waals surface area contributed by atoms with Gasteiger partial charge in [-0.1, -0.05) is 96.1 Å². The van der Waals surface area contributed by atoms with Gasteiger partial charge in [-0.05, 0) is 25.0 Å². The van der Waals surface area contributed by atoms with Gasteiger partial charge in [-0.25, -0.2) is 0 Å². The normalized spacial score (nSPS) is 9.50. The highest BCUT2D eigenvalue weighted by Gasteiger charge is 1.96. The van der Waals surface area contributed by atoms with Crippen LogP contribution in [0.15, 0.2) is 84.9 Å². The van der Waals surface area contributed by atoms with Crippen LogP contribution in [0, 0.1) is 13.8 Å². The summed E-state index contributed by atoms with van der Waals surface area (Å²) in [5, 5.41) is 0. The molecule has 0 saturated carbocycles. The van der Waals surface area contributed by atoms with Crippen LogP contribution < -0.4 is 0 Å². The fourth-order valence-electron chi connectivity index (χ4n) is 2.03. The van der Waals surface area contributed by atoms with E-state index < -0.39 is 0 Å². The minimum Gasteiger partial charge on any atom is -0.0623 e. The molecule has 3 aromatic rings. The van der Waals surface area contributed by atoms with E-state index >= 15 is 0 Å². The van der Waals surface area contributed by atoms with E-state index in [1.807, 2.05) is 36.4 Å². The maximum atomic E-state index is 2.22. The molecule has 0 unspecified atom stereocenters. The molecule has 0 radical (unpaired) electrons. The third-order valence-corrected chi connectivity index (χ3v) is 3.04. The van der Waals surface area contributed by atoms with Crippen LogP contribution in [0.25, 0.3) is 11.1 Å². The topological polar surface area (TPSA) is 0 Å². The van der Waals surface area contributed by atoms with E-state index in [0.29, 0.717) is 0 Å². The number of hydrogen-bond donors (Lipinski definition) is 0. The standard InChI is InChI=1S/C14H14.C6H6/c1-11-5-3-7-13(9-11)14-8-4-6-12(2)10-14;1-2-4-6-5-3-1/h3-10H,1-2H3;1-6H. The van der Waals surface area contributed by atoms with Crippen molar-refractivity contribution in [2.75, 3.05) is 0 Å². The lowest BCUT2D eigenvalue weighted by atomic mass is 10.0. The van der Waals surface area contributed by atoms with E-state index in [4.69, 9.17) is 0 Å². The molecule has 0 aliphatic carbocycles. The van der Waals surface area contributed by atoms with E-state index in [1.54, 1.807) is 0 Å². The molecule has 0 atom stereocenters. The predicted octanol–water partition coefficient (Wildman–Crippen LogP) is 5.66. The molecule has 0 fully saturated rings. The summed E-state index contributed by atoms with van der Waals surface area (Å²) in [6.45, 7) is 4.25. The van der Waals surface area contributed by atoms with Crippen LogP contribution in [0.5, 0.6) is 0 Å². The van der Waals surface area contributed by atoms with Crippen LogP contribution in [-0.4, -0.2) is 0 Å². The molecule has 0 aliphatic rings. The van der Waals surface area contributed by atoms with Gasteiger partial charge in [0.25, 0.3) is 0 Å². The first-order valence-corrected chi connectivity index (χ1v) is 6.89. The first-order chi connectivity index (χ1) is 9.75. The smallest absolute Gasteiger partial charge is 0.0181 e. The molecule has 0 saturated heterocycles. The van der Waals surface area contributed by atoms with Gasteiger partial charge in [-0.15, -0.1) is 0 Å². The highest BCUT2D eigenvalue weighted by Crippen LogP contribution is 2.20. The van der Waals surface area contributed by atoms with E-state index in [2.05, 4.69) is 62.4 Å². The zero-order valence-corrected chi connectivity index (χ0v) is 12.1. The average Bonchev–Trinajstić information content (AvgIpc) is 2.50. The second kappa shape index (κ2) is 7.30. The Morgan fingerprint density at radius 3 is 1.10 bits per heavy atom. The van der Waals surface area contributed by atoms with Crippen molar-refractivity contribution >= 4 is 0 Å². The molecule has 100 valence electrons. The van der Waals surface area contributed by atoms with Gasteiger partial charge in [0.1, 0.15) is 0 Å². The molecule has 0 heteroatoms. The fraction of sp³-hybridized carbons (Fsp3) is 0.100. The van der Waals surface area contributed by atoms with Crippen LogP contribution in [-0.2, 0) is 0 Å². The Bertz CT molecular complexity index is 569. The maximum Gasteiger partial charge on any atom is -0.0181 e. The predicted molar refractivity (Wildman–Crippen MR) is 87.8 cm³/mol. The lowest BCUT2D eigenvalue weighted by Crippen LogP contribution is -1.80. The van der Waals surface area contributed by atoms with Gasteiger partial charge < -0.3 is 0 Å². The van der Waals surface area contributed by atoms with Crippen LogP contribution >= 0.6 is 0 Å². The minimum atomic E-state index is 1.30. The minimum absolute atomic E-state index is 1.30. The molecule has 0 heterocycles. The number of hydrogen-bond acceptors (Lipinski definition) is 0. The summed E-state index contributed by atoms with van der Waals surface area (Å²) in [5.41, 5.74) is 5.22. The van der Waals surface area contributed by atoms with Gasteiger partial charge in [0, 0.05) is 0 Å². The van der Waals surface area contributed by atoms with Gasteiger partial charge in [0.05, 0.1) is 0 Å². The Morgan fingerprint density at radius 2 is 0.800 bits per heavy atom. The molecule has 3 aromatic carbocycles. The Morgan fingerprint density at radius 1 is 0.450 bits per heavy atom. The molecule has 0 aromatic heterocycles. The van der Waals surface area contributed by atoms with Crippen molar-refractivity contribution in [3.63, 3.8) is 0 Å². The first-order valence-electron chi connectivity index (χ1n) is 6.89. The van der Waals surface area contributed by atoms with Gasteiger partial charge in [0.15, 0.2) is 0 Å². The Hall–Kier alpha value is -2.34. The summed E-state index contributed by atoms with van der Waals surface area (Å²) >= 11 is 0. The Labute approximate surface area is 121 Å². The summed E-state index contributed by atoms with van der Waals surface area (Å²) in [7, 11) is 0. The Balaban J connectivity index is 0.000000205. The average molecular weight is 260 g/mol. The molecule has 0 spiro atoms. The van der Waals surface area contributed by atoms with E-state index in [0.717, 1.165) is 0 Å². The molecule has 0 bridgehead atoms. The monoisotopic (exact) mass is 260 g/mol. The summed E-state index contributed by atoms with van der Waals surface area (Å²) in [6, 6.07) is 29.2. The fourth-order valence-corrected chi connectivity index (χ4v) is 2.03. The van der Waals surface area contributed by atoms with E-state index in [-0.39, 0.29) is 0 Å². The lowest BCUT2D eigenvalue weighted by Gasteiger charge is -2.03. The highest BCUT2D eigenvalue weighted by atomic mass is 14.0.